The number of nitrogens with one attached hydrogen (secondary N) is 3. The van der Waals surface area contributed by atoms with E-state index in [0.717, 1.165) is 0 Å². The van der Waals surface area contributed by atoms with E-state index in [0.29, 0.717) is 5.11 Å². The molecule has 2 rings (SSSR count). The topological polar surface area (TPSA) is 56.4 Å². The van der Waals surface area contributed by atoms with Crippen LogP contribution >= 0.6 is 12.2 Å². The summed E-state index contributed by atoms with van der Waals surface area (Å²) in [6.45, 7) is 0. The van der Waals surface area contributed by atoms with Crippen molar-refractivity contribution in [1.29, 1.82) is 0 Å². The lowest BCUT2D eigenvalue weighted by Gasteiger charge is -2.14. The van der Waals surface area contributed by atoms with Crippen molar-refractivity contribution in [3.63, 3.8) is 0 Å². The number of hydrogen-bond donors (Lipinski definition) is 3. The fraction of sp³-hybridized carbons (Fsp3) is 0.600. The molecular weight excluding hydrogens is 164 g/mol. The molecular formula is C5H8N4OS. The molecule has 11 heavy (non-hydrogen) atoms. The summed E-state index contributed by atoms with van der Waals surface area (Å²) in [5.74, 6) is 0. The van der Waals surface area contributed by atoms with Crippen molar-refractivity contribution in [2.24, 2.45) is 0 Å². The van der Waals surface area contributed by atoms with Gasteiger partial charge in [0.15, 0.2) is 5.11 Å². The lowest BCUT2D eigenvalue weighted by atomic mass is 10.4. The van der Waals surface area contributed by atoms with Crippen molar-refractivity contribution in [3.8, 4) is 0 Å². The first kappa shape index (κ1) is 6.66. The van der Waals surface area contributed by atoms with Gasteiger partial charge in [0, 0.05) is 7.05 Å². The first-order valence-corrected chi connectivity index (χ1v) is 3.69. The number of thiocarbonyl (C=S) groups is 1. The number of rotatable bonds is 0. The van der Waals surface area contributed by atoms with Gasteiger partial charge < -0.3 is 20.9 Å². The zero-order valence-corrected chi connectivity index (χ0v) is 6.73. The van der Waals surface area contributed by atoms with Gasteiger partial charge >= 0.3 is 6.03 Å². The molecule has 6 heteroatoms. The predicted molar refractivity (Wildman–Crippen MR) is 42.7 cm³/mol. The fourth-order valence-electron chi connectivity index (χ4n) is 1.28. The minimum atomic E-state index is -0.0810. The molecule has 0 radical (unpaired) electrons. The zero-order valence-electron chi connectivity index (χ0n) is 5.92. The van der Waals surface area contributed by atoms with Gasteiger partial charge in [0.1, 0.15) is 12.3 Å². The van der Waals surface area contributed by atoms with Crippen molar-refractivity contribution in [2.75, 3.05) is 7.05 Å². The van der Waals surface area contributed by atoms with Gasteiger partial charge in [-0.15, -0.1) is 0 Å². The third-order valence-corrected chi connectivity index (χ3v) is 2.13. The maximum atomic E-state index is 11.0. The largest absolute Gasteiger partial charge is 0.339 e. The molecule has 2 fully saturated rings. The number of amides is 2. The van der Waals surface area contributed by atoms with Gasteiger partial charge in [-0.05, 0) is 12.2 Å². The van der Waals surface area contributed by atoms with E-state index in [1.54, 1.807) is 11.9 Å². The monoisotopic (exact) mass is 172 g/mol. The molecule has 0 aromatic carbocycles. The number of urea groups is 1. The Bertz CT molecular complexity index is 231. The first-order chi connectivity index (χ1) is 5.18. The van der Waals surface area contributed by atoms with Crippen LogP contribution in [0.3, 0.4) is 0 Å². The molecule has 0 aromatic rings. The summed E-state index contributed by atoms with van der Waals surface area (Å²) in [6, 6.07) is -0.0810. The number of hydrogen-bond acceptors (Lipinski definition) is 2. The van der Waals surface area contributed by atoms with Gasteiger partial charge in [0.25, 0.3) is 0 Å². The molecule has 2 aliphatic rings. The summed E-state index contributed by atoms with van der Waals surface area (Å²) in [5, 5.41) is 9.19. The summed E-state index contributed by atoms with van der Waals surface area (Å²) >= 11 is 4.86. The second-order valence-corrected chi connectivity index (χ2v) is 3.01. The van der Waals surface area contributed by atoms with Crippen LogP contribution in [-0.2, 0) is 0 Å². The van der Waals surface area contributed by atoms with Crippen LogP contribution in [-0.4, -0.2) is 35.4 Å². The molecule has 60 valence electrons. The van der Waals surface area contributed by atoms with Crippen molar-refractivity contribution in [1.82, 2.24) is 20.9 Å². The van der Waals surface area contributed by atoms with Crippen molar-refractivity contribution in [2.45, 2.75) is 12.3 Å². The molecule has 2 heterocycles. The Kier molecular flexibility index (Phi) is 1.19. The summed E-state index contributed by atoms with van der Waals surface area (Å²) < 4.78 is 0. The van der Waals surface area contributed by atoms with Gasteiger partial charge in [0.2, 0.25) is 0 Å². The predicted octanol–water partition coefficient (Wildman–Crippen LogP) is -1.23. The molecule has 0 spiro atoms. The second-order valence-electron chi connectivity index (χ2n) is 2.60. The fourth-order valence-corrected chi connectivity index (χ4v) is 1.52. The van der Waals surface area contributed by atoms with Crippen LogP contribution in [0, 0.1) is 0 Å². The van der Waals surface area contributed by atoms with Gasteiger partial charge in [-0.25, -0.2) is 4.79 Å². The highest BCUT2D eigenvalue weighted by molar-refractivity contribution is 7.80. The van der Waals surface area contributed by atoms with Crippen LogP contribution in [0.15, 0.2) is 0 Å². The second kappa shape index (κ2) is 1.97. The average Bonchev–Trinajstić information content (AvgIpc) is 2.37. The van der Waals surface area contributed by atoms with E-state index in [2.05, 4.69) is 16.0 Å². The Morgan fingerprint density at radius 1 is 1.45 bits per heavy atom. The number of carbonyl (C=O) groups is 1. The maximum Gasteiger partial charge on any atom is 0.320 e. The lowest BCUT2D eigenvalue weighted by Crippen LogP contribution is -2.40. The van der Waals surface area contributed by atoms with Crippen molar-refractivity contribution in [3.05, 3.63) is 0 Å². The van der Waals surface area contributed by atoms with Gasteiger partial charge in [-0.2, -0.15) is 0 Å². The summed E-state index contributed by atoms with van der Waals surface area (Å²) in [7, 11) is 1.72. The highest BCUT2D eigenvalue weighted by atomic mass is 32.1. The molecule has 3 N–H and O–H groups in total. The van der Waals surface area contributed by atoms with Crippen molar-refractivity contribution >= 4 is 23.4 Å². The standard InChI is InChI=1S/C5H8N4OS/c1-9-3-2(7-5(9)10)6-4(11)8-3/h2-3H,1H3,(H,7,10)(H2,6,8,11)/t2-,3-/m1/s1. The van der Waals surface area contributed by atoms with Crippen LogP contribution in [0.1, 0.15) is 0 Å². The molecule has 2 saturated heterocycles. The number of carbonyl (C=O) groups excluding carboxylic acids is 1. The van der Waals surface area contributed by atoms with Crippen LogP contribution in [0.5, 0.6) is 0 Å². The highest BCUT2D eigenvalue weighted by Crippen LogP contribution is 2.10. The molecule has 5 nitrogen and oxygen atoms in total. The Morgan fingerprint density at radius 2 is 2.18 bits per heavy atom. The first-order valence-electron chi connectivity index (χ1n) is 3.29. The Hall–Kier alpha value is -1.04. The highest BCUT2D eigenvalue weighted by Gasteiger charge is 2.41. The number of likely N-dealkylation sites (N-methyl/N-ethyl adjacent to an activating group) is 1. The lowest BCUT2D eigenvalue weighted by molar-refractivity contribution is 0.214. The minimum absolute atomic E-state index is 0.0324. The minimum Gasteiger partial charge on any atom is -0.339 e. The van der Waals surface area contributed by atoms with Gasteiger partial charge in [0.05, 0.1) is 0 Å². The van der Waals surface area contributed by atoms with Crippen molar-refractivity contribution < 1.29 is 4.79 Å². The van der Waals surface area contributed by atoms with E-state index >= 15 is 0 Å². The number of nitrogens with zero attached hydrogens (tertiary/aromatic N) is 1. The van der Waals surface area contributed by atoms with E-state index in [1.165, 1.54) is 0 Å². The summed E-state index contributed by atoms with van der Waals surface area (Å²) in [6.07, 6.45) is -0.102. The van der Waals surface area contributed by atoms with Crippen LogP contribution in [0.2, 0.25) is 0 Å². The Balaban J connectivity index is 2.19. The summed E-state index contributed by atoms with van der Waals surface area (Å²) in [5.41, 5.74) is 0. The quantitative estimate of drug-likeness (QED) is 0.401. The van der Waals surface area contributed by atoms with Crippen LogP contribution in [0.25, 0.3) is 0 Å². The maximum absolute atomic E-state index is 11.0. The molecule has 2 aliphatic heterocycles. The average molecular weight is 172 g/mol. The molecule has 2 amide bonds. The van der Waals surface area contributed by atoms with E-state index in [-0.39, 0.29) is 18.4 Å². The SMILES string of the molecule is CN1C(=O)N[C@H]2NC(=S)N[C@@H]21. The zero-order chi connectivity index (χ0) is 8.01. The molecule has 0 aliphatic carbocycles. The third kappa shape index (κ3) is 0.823. The Morgan fingerprint density at radius 3 is 2.82 bits per heavy atom. The Labute approximate surface area is 69.1 Å². The molecule has 0 aromatic heterocycles. The third-order valence-electron chi connectivity index (χ3n) is 1.90. The van der Waals surface area contributed by atoms with Gasteiger partial charge in [-0.1, -0.05) is 0 Å². The van der Waals surface area contributed by atoms with Crippen LogP contribution < -0.4 is 16.0 Å². The van der Waals surface area contributed by atoms with E-state index in [9.17, 15) is 4.79 Å². The van der Waals surface area contributed by atoms with E-state index in [4.69, 9.17) is 12.2 Å². The summed E-state index contributed by atoms with van der Waals surface area (Å²) in [4.78, 5) is 12.6. The normalized spacial score (nSPS) is 34.5. The smallest absolute Gasteiger partial charge is 0.320 e. The van der Waals surface area contributed by atoms with Gasteiger partial charge in [-0.3, -0.25) is 0 Å². The molecule has 0 unspecified atom stereocenters. The molecule has 0 saturated carbocycles. The molecule has 2 atom stereocenters. The number of fused-ring (bicyclic) bond motifs is 1. The van der Waals surface area contributed by atoms with E-state index < -0.39 is 0 Å². The molecule has 0 bridgehead atoms. The van der Waals surface area contributed by atoms with Crippen LogP contribution in [0.4, 0.5) is 4.79 Å². The van der Waals surface area contributed by atoms with E-state index in [1.807, 2.05) is 0 Å².